The van der Waals surface area contributed by atoms with Gasteiger partial charge in [0.25, 0.3) is 5.56 Å². The van der Waals surface area contributed by atoms with Gasteiger partial charge in [-0.1, -0.05) is 0 Å². The SMILES string of the molecule is COc1ccc(OCCn2cnc3sc4c(c3c2=O)CCC4)cc1. The molecule has 1 aliphatic rings. The molecule has 5 nitrogen and oxygen atoms in total. The minimum atomic E-state index is 0.0535. The molecule has 0 radical (unpaired) electrons. The van der Waals surface area contributed by atoms with E-state index in [2.05, 4.69) is 4.98 Å². The van der Waals surface area contributed by atoms with Crippen LogP contribution in [0.3, 0.4) is 0 Å². The Morgan fingerprint density at radius 2 is 2.00 bits per heavy atom. The summed E-state index contributed by atoms with van der Waals surface area (Å²) in [6.07, 6.45) is 4.86. The van der Waals surface area contributed by atoms with Crippen molar-refractivity contribution in [3.05, 3.63) is 51.4 Å². The summed E-state index contributed by atoms with van der Waals surface area (Å²) in [6, 6.07) is 7.41. The second kappa shape index (κ2) is 6.28. The largest absolute Gasteiger partial charge is 0.497 e. The van der Waals surface area contributed by atoms with E-state index in [4.69, 9.17) is 9.47 Å². The minimum absolute atomic E-state index is 0.0535. The predicted octanol–water partition coefficient (Wildman–Crippen LogP) is 3.03. The van der Waals surface area contributed by atoms with E-state index in [-0.39, 0.29) is 5.56 Å². The summed E-state index contributed by atoms with van der Waals surface area (Å²) in [6.45, 7) is 0.907. The van der Waals surface area contributed by atoms with Crippen LogP contribution in [0.2, 0.25) is 0 Å². The van der Waals surface area contributed by atoms with Gasteiger partial charge in [-0.05, 0) is 49.1 Å². The molecule has 3 aromatic rings. The van der Waals surface area contributed by atoms with Crippen molar-refractivity contribution in [2.45, 2.75) is 25.8 Å². The Morgan fingerprint density at radius 3 is 2.79 bits per heavy atom. The highest BCUT2D eigenvalue weighted by Gasteiger charge is 2.21. The van der Waals surface area contributed by atoms with Crippen molar-refractivity contribution >= 4 is 21.6 Å². The van der Waals surface area contributed by atoms with Gasteiger partial charge in [-0.2, -0.15) is 0 Å². The molecule has 0 amide bonds. The lowest BCUT2D eigenvalue weighted by molar-refractivity contribution is 0.295. The number of aromatic nitrogens is 2. The molecule has 0 saturated carbocycles. The second-order valence-corrected chi connectivity index (χ2v) is 6.89. The average molecular weight is 342 g/mol. The Labute approximate surface area is 143 Å². The van der Waals surface area contributed by atoms with Crippen molar-refractivity contribution in [1.82, 2.24) is 9.55 Å². The zero-order valence-corrected chi connectivity index (χ0v) is 14.3. The van der Waals surface area contributed by atoms with E-state index >= 15 is 0 Å². The fourth-order valence-corrected chi connectivity index (χ4v) is 4.33. The van der Waals surface area contributed by atoms with Crippen LogP contribution in [0.4, 0.5) is 0 Å². The molecule has 1 aromatic carbocycles. The van der Waals surface area contributed by atoms with E-state index in [9.17, 15) is 4.79 Å². The van der Waals surface area contributed by atoms with Crippen molar-refractivity contribution in [3.63, 3.8) is 0 Å². The van der Waals surface area contributed by atoms with E-state index in [1.807, 2.05) is 24.3 Å². The first-order chi connectivity index (χ1) is 11.8. The molecule has 0 fully saturated rings. The first-order valence-electron chi connectivity index (χ1n) is 8.03. The van der Waals surface area contributed by atoms with Gasteiger partial charge < -0.3 is 9.47 Å². The summed E-state index contributed by atoms with van der Waals surface area (Å²) in [5.41, 5.74) is 1.27. The Bertz CT molecular complexity index is 928. The molecule has 2 aromatic heterocycles. The predicted molar refractivity (Wildman–Crippen MR) is 94.4 cm³/mol. The number of hydrogen-bond donors (Lipinski definition) is 0. The molecule has 6 heteroatoms. The molecule has 0 atom stereocenters. The van der Waals surface area contributed by atoms with E-state index in [0.717, 1.165) is 41.0 Å². The number of rotatable bonds is 5. The van der Waals surface area contributed by atoms with Crippen LogP contribution < -0.4 is 15.0 Å². The summed E-state index contributed by atoms with van der Waals surface area (Å²) in [5, 5.41) is 0.819. The summed E-state index contributed by atoms with van der Waals surface area (Å²) in [7, 11) is 1.63. The number of aryl methyl sites for hydroxylation is 2. The molecule has 0 spiro atoms. The first-order valence-corrected chi connectivity index (χ1v) is 8.84. The molecule has 124 valence electrons. The van der Waals surface area contributed by atoms with Gasteiger partial charge in [0.2, 0.25) is 0 Å². The maximum Gasteiger partial charge on any atom is 0.262 e. The van der Waals surface area contributed by atoms with Crippen LogP contribution in [0.15, 0.2) is 35.4 Å². The Morgan fingerprint density at radius 1 is 1.21 bits per heavy atom. The van der Waals surface area contributed by atoms with Crippen molar-refractivity contribution in [2.24, 2.45) is 0 Å². The van der Waals surface area contributed by atoms with Crippen LogP contribution in [0.25, 0.3) is 10.2 Å². The highest BCUT2D eigenvalue weighted by molar-refractivity contribution is 7.18. The van der Waals surface area contributed by atoms with Crippen LogP contribution >= 0.6 is 11.3 Å². The van der Waals surface area contributed by atoms with Gasteiger partial charge in [-0.15, -0.1) is 11.3 Å². The van der Waals surface area contributed by atoms with Crippen LogP contribution in [-0.4, -0.2) is 23.3 Å². The topological polar surface area (TPSA) is 53.4 Å². The number of benzene rings is 1. The van der Waals surface area contributed by atoms with Crippen molar-refractivity contribution in [3.8, 4) is 11.5 Å². The molecular formula is C18H18N2O3S. The lowest BCUT2D eigenvalue weighted by Crippen LogP contribution is -2.23. The van der Waals surface area contributed by atoms with Crippen molar-refractivity contribution < 1.29 is 9.47 Å². The van der Waals surface area contributed by atoms with E-state index < -0.39 is 0 Å². The van der Waals surface area contributed by atoms with Crippen LogP contribution in [0.5, 0.6) is 11.5 Å². The molecule has 0 saturated heterocycles. The highest BCUT2D eigenvalue weighted by Crippen LogP contribution is 2.34. The minimum Gasteiger partial charge on any atom is -0.497 e. The quantitative estimate of drug-likeness (QED) is 0.715. The average Bonchev–Trinajstić information content (AvgIpc) is 3.18. The Kier molecular flexibility index (Phi) is 3.98. The Hall–Kier alpha value is -2.34. The number of thiophene rings is 1. The van der Waals surface area contributed by atoms with Crippen molar-refractivity contribution in [1.29, 1.82) is 0 Å². The lowest BCUT2D eigenvalue weighted by atomic mass is 10.2. The monoisotopic (exact) mass is 342 g/mol. The van der Waals surface area contributed by atoms with Gasteiger partial charge in [0.1, 0.15) is 22.9 Å². The molecule has 24 heavy (non-hydrogen) atoms. The standard InChI is InChI=1S/C18H18N2O3S/c1-22-12-5-7-13(8-6-12)23-10-9-20-11-19-17-16(18(20)21)14-3-2-4-15(14)24-17/h5-8,11H,2-4,9-10H2,1H3. The van der Waals surface area contributed by atoms with Gasteiger partial charge in [0.05, 0.1) is 25.4 Å². The summed E-state index contributed by atoms with van der Waals surface area (Å²) in [4.78, 5) is 19.4. The van der Waals surface area contributed by atoms with Gasteiger partial charge in [-0.25, -0.2) is 4.98 Å². The number of hydrogen-bond acceptors (Lipinski definition) is 5. The van der Waals surface area contributed by atoms with E-state index in [1.54, 1.807) is 29.3 Å². The fourth-order valence-electron chi connectivity index (χ4n) is 3.11. The molecule has 4 rings (SSSR count). The molecule has 2 heterocycles. The number of methoxy groups -OCH3 is 1. The van der Waals surface area contributed by atoms with Crippen molar-refractivity contribution in [2.75, 3.05) is 13.7 Å². The molecule has 0 bridgehead atoms. The van der Waals surface area contributed by atoms with E-state index in [0.29, 0.717) is 13.2 Å². The summed E-state index contributed by atoms with van der Waals surface area (Å²) >= 11 is 1.67. The Balaban J connectivity index is 1.50. The molecule has 0 N–H and O–H groups in total. The third kappa shape index (κ3) is 2.67. The smallest absolute Gasteiger partial charge is 0.262 e. The summed E-state index contributed by atoms with van der Waals surface area (Å²) < 4.78 is 12.5. The third-order valence-corrected chi connectivity index (χ3v) is 5.55. The highest BCUT2D eigenvalue weighted by atomic mass is 32.1. The molecule has 0 aliphatic heterocycles. The first kappa shape index (κ1) is 15.2. The van der Waals surface area contributed by atoms with Crippen LogP contribution in [-0.2, 0) is 19.4 Å². The van der Waals surface area contributed by atoms with Gasteiger partial charge in [-0.3, -0.25) is 9.36 Å². The number of ether oxygens (including phenoxy) is 2. The zero-order chi connectivity index (χ0) is 16.5. The maximum atomic E-state index is 12.7. The zero-order valence-electron chi connectivity index (χ0n) is 13.4. The van der Waals surface area contributed by atoms with Gasteiger partial charge in [0, 0.05) is 4.88 Å². The number of fused-ring (bicyclic) bond motifs is 3. The molecular weight excluding hydrogens is 324 g/mol. The number of nitrogens with zero attached hydrogens (tertiary/aromatic N) is 2. The third-order valence-electron chi connectivity index (χ3n) is 4.35. The molecule has 1 aliphatic carbocycles. The maximum absolute atomic E-state index is 12.7. The van der Waals surface area contributed by atoms with E-state index in [1.165, 1.54) is 10.4 Å². The van der Waals surface area contributed by atoms with Crippen LogP contribution in [0.1, 0.15) is 16.9 Å². The van der Waals surface area contributed by atoms with Crippen LogP contribution in [0, 0.1) is 0 Å². The molecule has 0 unspecified atom stereocenters. The lowest BCUT2D eigenvalue weighted by Gasteiger charge is -2.09. The fraction of sp³-hybridized carbons (Fsp3) is 0.333. The second-order valence-electron chi connectivity index (χ2n) is 5.80. The van der Waals surface area contributed by atoms with Gasteiger partial charge in [0.15, 0.2) is 0 Å². The van der Waals surface area contributed by atoms with Gasteiger partial charge >= 0.3 is 0 Å². The normalized spacial score (nSPS) is 13.2. The summed E-state index contributed by atoms with van der Waals surface area (Å²) in [5.74, 6) is 1.55.